The van der Waals surface area contributed by atoms with Gasteiger partial charge < -0.3 is 14.0 Å². The van der Waals surface area contributed by atoms with Crippen molar-refractivity contribution in [3.63, 3.8) is 0 Å². The van der Waals surface area contributed by atoms with E-state index < -0.39 is 16.8 Å². The van der Waals surface area contributed by atoms with Crippen LogP contribution in [0.4, 0.5) is 5.69 Å². The van der Waals surface area contributed by atoms with Crippen molar-refractivity contribution in [3.05, 3.63) is 61.9 Å². The standard InChI is InChI=1S/C18H14ClN3O6S/c1-27-13-4-3-5-14-16(13)21(9-15(23)28-2)18(29-14)20-17(24)11-8-10(22(25)26)6-7-12(11)19/h3-8H,9H2,1-2H3. The zero-order valence-electron chi connectivity index (χ0n) is 15.2. The Morgan fingerprint density at radius 3 is 2.69 bits per heavy atom. The molecular weight excluding hydrogens is 422 g/mol. The lowest BCUT2D eigenvalue weighted by Crippen LogP contribution is -2.22. The first-order valence-electron chi connectivity index (χ1n) is 8.12. The molecule has 0 fully saturated rings. The van der Waals surface area contributed by atoms with Crippen LogP contribution in [0.15, 0.2) is 41.4 Å². The van der Waals surface area contributed by atoms with E-state index in [9.17, 15) is 19.7 Å². The van der Waals surface area contributed by atoms with Gasteiger partial charge in [0, 0.05) is 12.1 Å². The number of fused-ring (bicyclic) bond motifs is 1. The van der Waals surface area contributed by atoms with Crippen LogP contribution in [0.3, 0.4) is 0 Å². The minimum Gasteiger partial charge on any atom is -0.495 e. The number of nitro benzene ring substituents is 1. The summed E-state index contributed by atoms with van der Waals surface area (Å²) in [5.74, 6) is -0.828. The number of amides is 1. The third-order valence-electron chi connectivity index (χ3n) is 3.99. The summed E-state index contributed by atoms with van der Waals surface area (Å²) in [5, 5.41) is 11.0. The highest BCUT2D eigenvalue weighted by atomic mass is 35.5. The summed E-state index contributed by atoms with van der Waals surface area (Å²) in [4.78, 5) is 39.2. The number of hydrogen-bond acceptors (Lipinski definition) is 7. The second kappa shape index (κ2) is 8.41. The molecule has 3 aromatic rings. The molecule has 0 aliphatic carbocycles. The highest BCUT2D eigenvalue weighted by Gasteiger charge is 2.18. The van der Waals surface area contributed by atoms with E-state index in [0.29, 0.717) is 11.3 Å². The van der Waals surface area contributed by atoms with Crippen LogP contribution in [-0.4, -0.2) is 35.6 Å². The van der Waals surface area contributed by atoms with Crippen molar-refractivity contribution in [1.82, 2.24) is 4.57 Å². The molecule has 0 bridgehead atoms. The Morgan fingerprint density at radius 2 is 2.03 bits per heavy atom. The van der Waals surface area contributed by atoms with Crippen molar-refractivity contribution in [2.75, 3.05) is 14.2 Å². The first kappa shape index (κ1) is 20.5. The predicted octanol–water partition coefficient (Wildman–Crippen LogP) is 3.19. The minimum atomic E-state index is -0.775. The number of thiazole rings is 1. The molecule has 1 heterocycles. The molecule has 1 amide bonds. The van der Waals surface area contributed by atoms with Crippen LogP contribution < -0.4 is 9.54 Å². The number of esters is 1. The van der Waals surface area contributed by atoms with Gasteiger partial charge in [0.25, 0.3) is 11.6 Å². The maximum Gasteiger partial charge on any atom is 0.325 e. The lowest BCUT2D eigenvalue weighted by Gasteiger charge is -2.07. The van der Waals surface area contributed by atoms with E-state index in [1.165, 1.54) is 30.9 Å². The van der Waals surface area contributed by atoms with E-state index >= 15 is 0 Å². The Kier molecular flexibility index (Phi) is 5.95. The molecule has 0 aliphatic rings. The van der Waals surface area contributed by atoms with Gasteiger partial charge >= 0.3 is 5.97 Å². The van der Waals surface area contributed by atoms with Crippen LogP contribution in [0.1, 0.15) is 10.4 Å². The Bertz CT molecular complexity index is 1200. The van der Waals surface area contributed by atoms with Crippen molar-refractivity contribution < 1.29 is 24.0 Å². The third-order valence-corrected chi connectivity index (χ3v) is 5.36. The lowest BCUT2D eigenvalue weighted by atomic mass is 10.2. The number of nitrogens with zero attached hydrogens (tertiary/aromatic N) is 3. The van der Waals surface area contributed by atoms with Crippen molar-refractivity contribution in [2.45, 2.75) is 6.54 Å². The molecule has 150 valence electrons. The number of para-hydroxylation sites is 1. The van der Waals surface area contributed by atoms with Gasteiger partial charge in [0.2, 0.25) is 0 Å². The number of nitro groups is 1. The van der Waals surface area contributed by atoms with Gasteiger partial charge in [-0.15, -0.1) is 0 Å². The summed E-state index contributed by atoms with van der Waals surface area (Å²) in [7, 11) is 2.74. The maximum atomic E-state index is 12.7. The first-order chi connectivity index (χ1) is 13.8. The van der Waals surface area contributed by atoms with E-state index in [2.05, 4.69) is 4.99 Å². The quantitative estimate of drug-likeness (QED) is 0.345. The first-order valence-corrected chi connectivity index (χ1v) is 9.31. The fraction of sp³-hybridized carbons (Fsp3) is 0.167. The van der Waals surface area contributed by atoms with Crippen molar-refractivity contribution in [1.29, 1.82) is 0 Å². The number of non-ortho nitro benzene ring substituents is 1. The number of hydrogen-bond donors (Lipinski definition) is 0. The molecule has 0 atom stereocenters. The topological polar surface area (TPSA) is 113 Å². The summed E-state index contributed by atoms with van der Waals surface area (Å²) >= 11 is 7.19. The molecule has 11 heteroatoms. The molecule has 2 aromatic carbocycles. The molecule has 1 aromatic heterocycles. The summed E-state index contributed by atoms with van der Waals surface area (Å²) in [6, 6.07) is 8.79. The van der Waals surface area contributed by atoms with Gasteiger partial charge in [0.1, 0.15) is 17.8 Å². The molecule has 29 heavy (non-hydrogen) atoms. The molecule has 3 rings (SSSR count). The van der Waals surface area contributed by atoms with Crippen LogP contribution in [0.5, 0.6) is 5.75 Å². The second-order valence-corrected chi connectivity index (χ2v) is 7.11. The number of carbonyl (C=O) groups excluding carboxylic acids is 2. The number of ether oxygens (including phenoxy) is 2. The summed E-state index contributed by atoms with van der Waals surface area (Å²) in [6.45, 7) is -0.203. The SMILES string of the molecule is COC(=O)Cn1c(=NC(=O)c2cc([N+](=O)[O-])ccc2Cl)sc2cccc(OC)c21. The molecule has 0 saturated heterocycles. The molecular formula is C18H14ClN3O6S. The van der Waals surface area contributed by atoms with E-state index in [1.807, 2.05) is 0 Å². The highest BCUT2D eigenvalue weighted by molar-refractivity contribution is 7.16. The van der Waals surface area contributed by atoms with Crippen LogP contribution in [0, 0.1) is 10.1 Å². The zero-order chi connectivity index (χ0) is 21.1. The minimum absolute atomic E-state index is 0.0301. The van der Waals surface area contributed by atoms with Crippen molar-refractivity contribution in [3.8, 4) is 5.75 Å². The number of rotatable bonds is 5. The molecule has 0 N–H and O–H groups in total. The second-order valence-electron chi connectivity index (χ2n) is 5.69. The van der Waals surface area contributed by atoms with Gasteiger partial charge in [-0.25, -0.2) is 0 Å². The average molecular weight is 436 g/mol. The summed E-state index contributed by atoms with van der Waals surface area (Å²) in [6.07, 6.45) is 0. The van der Waals surface area contributed by atoms with Crippen LogP contribution in [0.25, 0.3) is 10.2 Å². The summed E-state index contributed by atoms with van der Waals surface area (Å²) < 4.78 is 12.3. The Balaban J connectivity index is 2.21. The number of carbonyl (C=O) groups is 2. The van der Waals surface area contributed by atoms with Crippen molar-refractivity contribution >= 4 is 50.7 Å². The zero-order valence-corrected chi connectivity index (χ0v) is 16.8. The fourth-order valence-electron chi connectivity index (χ4n) is 2.63. The molecule has 0 aliphatic heterocycles. The van der Waals surface area contributed by atoms with Crippen LogP contribution >= 0.6 is 22.9 Å². The largest absolute Gasteiger partial charge is 0.495 e. The van der Waals surface area contributed by atoms with Gasteiger partial charge in [-0.2, -0.15) is 4.99 Å². The molecule has 0 unspecified atom stereocenters. The smallest absolute Gasteiger partial charge is 0.325 e. The fourth-order valence-corrected chi connectivity index (χ4v) is 3.87. The van der Waals surface area contributed by atoms with Gasteiger partial charge in [0.05, 0.1) is 34.4 Å². The highest BCUT2D eigenvalue weighted by Crippen LogP contribution is 2.28. The van der Waals surface area contributed by atoms with E-state index in [0.717, 1.165) is 22.1 Å². The normalized spacial score (nSPS) is 11.5. The van der Waals surface area contributed by atoms with Crippen LogP contribution in [-0.2, 0) is 16.1 Å². The number of aromatic nitrogens is 1. The Labute approximate surface area is 172 Å². The number of methoxy groups -OCH3 is 2. The maximum absolute atomic E-state index is 12.7. The molecule has 0 radical (unpaired) electrons. The monoisotopic (exact) mass is 435 g/mol. The predicted molar refractivity (Wildman–Crippen MR) is 106 cm³/mol. The average Bonchev–Trinajstić information content (AvgIpc) is 3.04. The molecule has 0 spiro atoms. The van der Waals surface area contributed by atoms with E-state index in [1.54, 1.807) is 18.2 Å². The Morgan fingerprint density at radius 1 is 1.28 bits per heavy atom. The Hall–Kier alpha value is -3.24. The van der Waals surface area contributed by atoms with E-state index in [-0.39, 0.29) is 27.6 Å². The van der Waals surface area contributed by atoms with Gasteiger partial charge in [-0.1, -0.05) is 29.0 Å². The van der Waals surface area contributed by atoms with Gasteiger partial charge in [0.15, 0.2) is 4.80 Å². The molecule has 0 saturated carbocycles. The number of benzene rings is 2. The van der Waals surface area contributed by atoms with Crippen molar-refractivity contribution in [2.24, 2.45) is 4.99 Å². The third kappa shape index (κ3) is 4.13. The van der Waals surface area contributed by atoms with Gasteiger partial charge in [-0.3, -0.25) is 19.7 Å². The van der Waals surface area contributed by atoms with E-state index in [4.69, 9.17) is 21.1 Å². The number of halogens is 1. The molecule has 9 nitrogen and oxygen atoms in total. The summed E-state index contributed by atoms with van der Waals surface area (Å²) in [5.41, 5.74) is 0.172. The van der Waals surface area contributed by atoms with Crippen LogP contribution in [0.2, 0.25) is 5.02 Å². The lowest BCUT2D eigenvalue weighted by molar-refractivity contribution is -0.384. The van der Waals surface area contributed by atoms with Gasteiger partial charge in [-0.05, 0) is 18.2 Å².